The molecule has 1 fully saturated rings. The molecule has 9 heteroatoms. The van der Waals surface area contributed by atoms with Crippen molar-refractivity contribution in [3.63, 3.8) is 0 Å². The third kappa shape index (κ3) is 8.08. The van der Waals surface area contributed by atoms with Gasteiger partial charge >= 0.3 is 0 Å². The summed E-state index contributed by atoms with van der Waals surface area (Å²) in [5.41, 5.74) is 8.51. The molecule has 0 spiro atoms. The van der Waals surface area contributed by atoms with Crippen LogP contribution >= 0.6 is 0 Å². The molecule has 0 aliphatic carbocycles. The number of carbonyl (C=O) groups is 1. The zero-order chi connectivity index (χ0) is 37.2. The first kappa shape index (κ1) is 37.9. The molecule has 0 radical (unpaired) electrons. The van der Waals surface area contributed by atoms with Crippen molar-refractivity contribution in [2.75, 3.05) is 46.9 Å². The molecule has 3 aromatic rings. The molecule has 5 rings (SSSR count). The minimum absolute atomic E-state index is 0.0100. The summed E-state index contributed by atoms with van der Waals surface area (Å²) in [4.78, 5) is 33.1. The van der Waals surface area contributed by atoms with Gasteiger partial charge in [-0.1, -0.05) is 58.9 Å². The molecule has 272 valence electrons. The maximum absolute atomic E-state index is 13.7. The van der Waals surface area contributed by atoms with E-state index in [1.54, 1.807) is 31.9 Å². The summed E-state index contributed by atoms with van der Waals surface area (Å²) in [6.07, 6.45) is 4.47. The molecule has 1 unspecified atom stereocenters. The van der Waals surface area contributed by atoms with Gasteiger partial charge in [-0.15, -0.1) is 0 Å². The van der Waals surface area contributed by atoms with Crippen molar-refractivity contribution in [3.05, 3.63) is 91.9 Å². The molecule has 2 aliphatic heterocycles. The summed E-state index contributed by atoms with van der Waals surface area (Å²) >= 11 is 0. The minimum atomic E-state index is -0.258. The number of nitrogens with zero attached hydrogens (tertiary/aromatic N) is 5. The Hall–Kier alpha value is -4.39. The van der Waals surface area contributed by atoms with Crippen molar-refractivity contribution >= 4 is 5.91 Å². The van der Waals surface area contributed by atoms with Crippen LogP contribution in [-0.2, 0) is 31.4 Å². The van der Waals surface area contributed by atoms with E-state index in [-0.39, 0.29) is 34.4 Å². The summed E-state index contributed by atoms with van der Waals surface area (Å²) in [6, 6.07) is 12.8. The third-order valence-corrected chi connectivity index (χ3v) is 10.5. The fourth-order valence-corrected chi connectivity index (χ4v) is 7.73. The molecule has 51 heavy (non-hydrogen) atoms. The second-order valence-corrected chi connectivity index (χ2v) is 15.6. The first-order chi connectivity index (χ1) is 24.2. The summed E-state index contributed by atoms with van der Waals surface area (Å²) in [5, 5.41) is 9.88. The molecule has 0 saturated carbocycles. The van der Waals surface area contributed by atoms with Crippen LogP contribution in [0.15, 0.2) is 53.0 Å². The van der Waals surface area contributed by atoms with Crippen LogP contribution < -0.4 is 15.0 Å². The highest BCUT2D eigenvalue weighted by molar-refractivity contribution is 5.97. The van der Waals surface area contributed by atoms with Crippen LogP contribution in [0.4, 0.5) is 0 Å². The molecule has 2 aromatic carbocycles. The molecule has 2 aliphatic rings. The number of rotatable bonds is 9. The number of aryl methyl sites for hydroxylation is 1. The van der Waals surface area contributed by atoms with Gasteiger partial charge in [0.2, 0.25) is 0 Å². The Bertz CT molecular complexity index is 1880. The molecule has 3 heterocycles. The number of piperazine rings is 1. The molecule has 1 amide bonds. The summed E-state index contributed by atoms with van der Waals surface area (Å²) in [7, 11) is 5.18. The fourth-order valence-electron chi connectivity index (χ4n) is 7.73. The molecule has 1 aromatic heterocycles. The first-order valence-corrected chi connectivity index (χ1v) is 18.1. The van der Waals surface area contributed by atoms with Crippen LogP contribution in [0.2, 0.25) is 0 Å². The highest BCUT2D eigenvalue weighted by Crippen LogP contribution is 2.39. The van der Waals surface area contributed by atoms with Gasteiger partial charge in [0.15, 0.2) is 0 Å². The average molecular weight is 694 g/mol. The largest absolute Gasteiger partial charge is 0.496 e. The number of fused-ring (bicyclic) bond motifs is 1. The smallest absolute Gasteiger partial charge is 0.264 e. The van der Waals surface area contributed by atoms with Gasteiger partial charge in [0.05, 0.1) is 25.8 Å². The average Bonchev–Trinajstić information content (AvgIpc) is 3.10. The maximum Gasteiger partial charge on any atom is 0.264 e. The topological polar surface area (TPSA) is 91.0 Å². The number of nitriles is 1. The summed E-state index contributed by atoms with van der Waals surface area (Å²) in [6.45, 7) is 20.1. The molecule has 1 saturated heterocycles. The Balaban J connectivity index is 1.30. The van der Waals surface area contributed by atoms with Crippen LogP contribution in [0.1, 0.15) is 74.0 Å². The number of carbonyl (C=O) groups excluding carboxylic acids is 1. The Morgan fingerprint density at radius 1 is 0.980 bits per heavy atom. The normalized spacial score (nSPS) is 17.3. The lowest BCUT2D eigenvalue weighted by Gasteiger charge is -2.41. The van der Waals surface area contributed by atoms with Crippen LogP contribution in [0.25, 0.3) is 11.1 Å². The van der Waals surface area contributed by atoms with Crippen molar-refractivity contribution < 1.29 is 14.3 Å². The molecule has 0 bridgehead atoms. The molecule has 0 N–H and O–H groups in total. The van der Waals surface area contributed by atoms with Gasteiger partial charge in [0.1, 0.15) is 23.1 Å². The van der Waals surface area contributed by atoms with E-state index in [1.807, 2.05) is 45.7 Å². The minimum Gasteiger partial charge on any atom is -0.496 e. The Morgan fingerprint density at radius 2 is 1.59 bits per heavy atom. The van der Waals surface area contributed by atoms with Crippen molar-refractivity contribution in [1.82, 2.24) is 19.3 Å². The van der Waals surface area contributed by atoms with Gasteiger partial charge in [-0.2, -0.15) is 5.26 Å². The maximum atomic E-state index is 13.7. The number of methoxy groups -OCH3 is 2. The van der Waals surface area contributed by atoms with Gasteiger partial charge in [0, 0.05) is 70.2 Å². The second-order valence-electron chi connectivity index (χ2n) is 15.6. The Kier molecular flexibility index (Phi) is 11.5. The van der Waals surface area contributed by atoms with E-state index < -0.39 is 0 Å². The van der Waals surface area contributed by atoms with Crippen LogP contribution in [0, 0.1) is 36.5 Å². The SMILES string of the molecule is COc1cc(-c2cn(C)c(=O)c(C)c2C)cc(OC)c1CN1CCN(Cc2cccc3c2CCN(C(=O)/C(C#N)=C/C(C)(C)C)C3C(C)C)CC1. The molecular formula is C42H55N5O4. The summed E-state index contributed by atoms with van der Waals surface area (Å²) in [5.74, 6) is 1.59. The van der Waals surface area contributed by atoms with Crippen LogP contribution in [0.3, 0.4) is 0 Å². The molecule has 1 atom stereocenters. The monoisotopic (exact) mass is 693 g/mol. The first-order valence-electron chi connectivity index (χ1n) is 18.1. The Morgan fingerprint density at radius 3 is 2.14 bits per heavy atom. The van der Waals surface area contributed by atoms with Crippen molar-refractivity contribution in [3.8, 4) is 28.7 Å². The van der Waals surface area contributed by atoms with Crippen molar-refractivity contribution in [2.24, 2.45) is 18.4 Å². The highest BCUT2D eigenvalue weighted by Gasteiger charge is 2.36. The number of ether oxygens (including phenoxy) is 2. The number of hydrogen-bond donors (Lipinski definition) is 0. The standard InChI is InChI=1S/C42H55N5O4/c1-27(2)39-34-13-11-12-30(33(34)14-15-47(39)41(49)32(23-43)22-42(5,6)7)24-45-16-18-46(19-17-45)26-36-37(50-9)20-31(21-38(36)51-10)35-25-44(8)40(48)29(4)28(35)3/h11-13,20-22,25,27,39H,14-19,24,26H2,1-10H3/b32-22+. The van der Waals surface area contributed by atoms with Gasteiger partial charge < -0.3 is 18.9 Å². The predicted molar refractivity (Wildman–Crippen MR) is 203 cm³/mol. The van der Waals surface area contributed by atoms with E-state index in [2.05, 4.69) is 60.0 Å². The highest BCUT2D eigenvalue weighted by atomic mass is 16.5. The third-order valence-electron chi connectivity index (χ3n) is 10.5. The predicted octanol–water partition coefficient (Wildman–Crippen LogP) is 6.58. The summed E-state index contributed by atoms with van der Waals surface area (Å²) < 4.78 is 13.5. The quantitative estimate of drug-likeness (QED) is 0.185. The van der Waals surface area contributed by atoms with Gasteiger partial charge in [0.25, 0.3) is 11.5 Å². The number of pyridine rings is 1. The fraction of sp³-hybridized carbons (Fsp3) is 0.500. The lowest BCUT2D eigenvalue weighted by Crippen LogP contribution is -2.46. The number of aromatic nitrogens is 1. The van der Waals surface area contributed by atoms with Gasteiger partial charge in [-0.3, -0.25) is 19.4 Å². The van der Waals surface area contributed by atoms with Crippen molar-refractivity contribution in [2.45, 2.75) is 74.0 Å². The van der Waals surface area contributed by atoms with Gasteiger partial charge in [-0.25, -0.2) is 0 Å². The second kappa shape index (κ2) is 15.5. The zero-order valence-corrected chi connectivity index (χ0v) is 32.2. The number of amides is 1. The van der Waals surface area contributed by atoms with E-state index in [9.17, 15) is 14.9 Å². The van der Waals surface area contributed by atoms with Crippen LogP contribution in [0.5, 0.6) is 11.5 Å². The van der Waals surface area contributed by atoms with Crippen LogP contribution in [-0.4, -0.2) is 72.1 Å². The van der Waals surface area contributed by atoms with E-state index in [0.29, 0.717) is 13.1 Å². The van der Waals surface area contributed by atoms with E-state index in [0.717, 1.165) is 78.5 Å². The lowest BCUT2D eigenvalue weighted by atomic mass is 9.83. The Labute approximate surface area is 304 Å². The van der Waals surface area contributed by atoms with E-state index >= 15 is 0 Å². The molecular weight excluding hydrogens is 638 g/mol. The van der Waals surface area contributed by atoms with E-state index in [1.165, 1.54) is 16.7 Å². The number of allylic oxidation sites excluding steroid dienone is 1. The van der Waals surface area contributed by atoms with E-state index in [4.69, 9.17) is 9.47 Å². The van der Waals surface area contributed by atoms with Crippen molar-refractivity contribution in [1.29, 1.82) is 5.26 Å². The molecule has 9 nitrogen and oxygen atoms in total. The number of hydrogen-bond acceptors (Lipinski definition) is 7. The van der Waals surface area contributed by atoms with Gasteiger partial charge in [-0.05, 0) is 71.6 Å². The zero-order valence-electron chi connectivity index (χ0n) is 32.2. The lowest BCUT2D eigenvalue weighted by molar-refractivity contribution is -0.130. The number of benzene rings is 2.